The van der Waals surface area contributed by atoms with E-state index in [2.05, 4.69) is 11.1 Å². The van der Waals surface area contributed by atoms with Gasteiger partial charge in [0.1, 0.15) is 11.9 Å². The van der Waals surface area contributed by atoms with E-state index in [1.807, 2.05) is 25.3 Å². The molecule has 1 atom stereocenters. The van der Waals surface area contributed by atoms with Gasteiger partial charge in [-0.05, 0) is 80.3 Å². The van der Waals surface area contributed by atoms with Crippen LogP contribution in [0.2, 0.25) is 0 Å². The zero-order chi connectivity index (χ0) is 22.7. The number of pyridine rings is 1. The fourth-order valence-corrected chi connectivity index (χ4v) is 4.79. The van der Waals surface area contributed by atoms with Crippen molar-refractivity contribution in [3.05, 3.63) is 64.2 Å². The third kappa shape index (κ3) is 4.64. The quantitative estimate of drug-likeness (QED) is 0.708. The summed E-state index contributed by atoms with van der Waals surface area (Å²) in [6, 6.07) is 9.90. The van der Waals surface area contributed by atoms with Crippen LogP contribution < -0.4 is 0 Å². The van der Waals surface area contributed by atoms with Crippen molar-refractivity contribution in [2.75, 3.05) is 6.61 Å². The van der Waals surface area contributed by atoms with Gasteiger partial charge in [0.15, 0.2) is 0 Å². The molecule has 6 nitrogen and oxygen atoms in total. The van der Waals surface area contributed by atoms with Crippen LogP contribution >= 0.6 is 0 Å². The van der Waals surface area contributed by atoms with Crippen molar-refractivity contribution in [3.8, 4) is 12.1 Å². The van der Waals surface area contributed by atoms with Crippen LogP contribution in [-0.4, -0.2) is 22.6 Å². The summed E-state index contributed by atoms with van der Waals surface area (Å²) in [5.74, 6) is -0.213. The standard InChI is InChI=1S/C25H25FN4O2/c1-16-22(14-28)10-19(15-29-16)8-17-2-4-20(5-3-17)25(31)30-24(6-7-32-30)21-9-18(13-27)11-23(26)12-21/h9-12,15,17,20,24H,2-8H2,1H3/t17?,20?,24-/m0/s1. The first-order valence-electron chi connectivity index (χ1n) is 11.0. The number of benzene rings is 1. The molecule has 1 saturated heterocycles. The minimum absolute atomic E-state index is 0.0579. The molecule has 1 aliphatic carbocycles. The SMILES string of the molecule is Cc1ncc(CC2CCC(C(=O)N3OCC[C@H]3c3cc(F)cc(C#N)c3)CC2)cc1C#N. The number of hydrogen-bond acceptors (Lipinski definition) is 5. The molecule has 4 rings (SSSR count). The summed E-state index contributed by atoms with van der Waals surface area (Å²) >= 11 is 0. The molecule has 2 aliphatic rings. The summed E-state index contributed by atoms with van der Waals surface area (Å²) in [6.45, 7) is 2.23. The van der Waals surface area contributed by atoms with Gasteiger partial charge in [0.2, 0.25) is 5.91 Å². The maximum absolute atomic E-state index is 13.9. The smallest absolute Gasteiger partial charge is 0.249 e. The number of amides is 1. The molecule has 7 heteroatoms. The lowest BCUT2D eigenvalue weighted by atomic mass is 9.79. The predicted molar refractivity (Wildman–Crippen MR) is 114 cm³/mol. The number of halogens is 1. The van der Waals surface area contributed by atoms with Gasteiger partial charge in [-0.3, -0.25) is 14.6 Å². The minimum atomic E-state index is -0.482. The second kappa shape index (κ2) is 9.46. The second-order valence-electron chi connectivity index (χ2n) is 8.70. The molecule has 2 aromatic rings. The monoisotopic (exact) mass is 432 g/mol. The number of hydrogen-bond donors (Lipinski definition) is 0. The maximum atomic E-state index is 13.9. The van der Waals surface area contributed by atoms with E-state index in [0.717, 1.165) is 43.4 Å². The molecular formula is C25H25FN4O2. The summed E-state index contributed by atoms with van der Waals surface area (Å²) in [5.41, 5.74) is 3.25. The molecule has 164 valence electrons. The van der Waals surface area contributed by atoms with Gasteiger partial charge >= 0.3 is 0 Å². The Labute approximate surface area is 187 Å². The minimum Gasteiger partial charge on any atom is -0.272 e. The Morgan fingerprint density at radius 1 is 1.16 bits per heavy atom. The lowest BCUT2D eigenvalue weighted by Crippen LogP contribution is -2.36. The average Bonchev–Trinajstić information content (AvgIpc) is 3.30. The highest BCUT2D eigenvalue weighted by molar-refractivity contribution is 5.78. The number of carbonyl (C=O) groups excluding carboxylic acids is 1. The van der Waals surface area contributed by atoms with Crippen LogP contribution in [0.3, 0.4) is 0 Å². The van der Waals surface area contributed by atoms with E-state index in [1.165, 1.54) is 17.2 Å². The van der Waals surface area contributed by atoms with Crippen LogP contribution in [0, 0.1) is 47.2 Å². The van der Waals surface area contributed by atoms with Gasteiger partial charge in [0, 0.05) is 18.5 Å². The molecule has 1 amide bonds. The molecule has 1 aromatic heterocycles. The zero-order valence-corrected chi connectivity index (χ0v) is 18.1. The zero-order valence-electron chi connectivity index (χ0n) is 18.1. The number of rotatable bonds is 4. The van der Waals surface area contributed by atoms with Crippen molar-refractivity contribution >= 4 is 5.91 Å². The molecule has 2 heterocycles. The van der Waals surface area contributed by atoms with Crippen LogP contribution in [0.25, 0.3) is 0 Å². The number of nitriles is 2. The summed E-state index contributed by atoms with van der Waals surface area (Å²) in [4.78, 5) is 23.2. The second-order valence-corrected chi connectivity index (χ2v) is 8.70. The lowest BCUT2D eigenvalue weighted by Gasteiger charge is -2.32. The summed E-state index contributed by atoms with van der Waals surface area (Å²) in [5, 5.41) is 19.8. The molecule has 0 unspecified atom stereocenters. The van der Waals surface area contributed by atoms with Crippen molar-refractivity contribution in [1.82, 2.24) is 10.0 Å². The van der Waals surface area contributed by atoms with Gasteiger partial charge in [-0.1, -0.05) is 0 Å². The van der Waals surface area contributed by atoms with Gasteiger partial charge in [0.05, 0.1) is 35.5 Å². The van der Waals surface area contributed by atoms with E-state index in [9.17, 15) is 14.4 Å². The van der Waals surface area contributed by atoms with Crippen molar-refractivity contribution in [1.29, 1.82) is 10.5 Å². The topological polar surface area (TPSA) is 90.0 Å². The van der Waals surface area contributed by atoms with Crippen LogP contribution in [0.1, 0.15) is 66.1 Å². The molecule has 0 bridgehead atoms. The van der Waals surface area contributed by atoms with Gasteiger partial charge < -0.3 is 0 Å². The molecule has 32 heavy (non-hydrogen) atoms. The highest BCUT2D eigenvalue weighted by Crippen LogP contribution is 2.37. The molecular weight excluding hydrogens is 407 g/mol. The molecule has 0 radical (unpaired) electrons. The van der Waals surface area contributed by atoms with Crippen LogP contribution in [0.5, 0.6) is 0 Å². The number of aryl methyl sites for hydroxylation is 1. The van der Waals surface area contributed by atoms with E-state index >= 15 is 0 Å². The molecule has 2 fully saturated rings. The molecule has 0 spiro atoms. The van der Waals surface area contributed by atoms with E-state index in [-0.39, 0.29) is 23.4 Å². The van der Waals surface area contributed by atoms with Crippen LogP contribution in [0.15, 0.2) is 30.5 Å². The van der Waals surface area contributed by atoms with Gasteiger partial charge in [-0.15, -0.1) is 0 Å². The van der Waals surface area contributed by atoms with E-state index in [1.54, 1.807) is 6.07 Å². The first-order chi connectivity index (χ1) is 15.5. The first kappa shape index (κ1) is 21.9. The highest BCUT2D eigenvalue weighted by Gasteiger charge is 2.37. The Morgan fingerprint density at radius 3 is 2.66 bits per heavy atom. The summed E-state index contributed by atoms with van der Waals surface area (Å²) in [6.07, 6.45) is 6.65. The number of hydroxylamine groups is 2. The van der Waals surface area contributed by atoms with E-state index in [4.69, 9.17) is 10.1 Å². The predicted octanol–water partition coefficient (Wildman–Crippen LogP) is 4.53. The molecule has 1 saturated carbocycles. The van der Waals surface area contributed by atoms with E-state index < -0.39 is 5.82 Å². The Balaban J connectivity index is 1.38. The number of carbonyl (C=O) groups is 1. The largest absolute Gasteiger partial charge is 0.272 e. The van der Waals surface area contributed by atoms with Crippen molar-refractivity contribution in [3.63, 3.8) is 0 Å². The number of aromatic nitrogens is 1. The highest BCUT2D eigenvalue weighted by atomic mass is 19.1. The number of nitrogens with zero attached hydrogens (tertiary/aromatic N) is 4. The Morgan fingerprint density at radius 2 is 1.94 bits per heavy atom. The third-order valence-corrected chi connectivity index (χ3v) is 6.54. The van der Waals surface area contributed by atoms with Crippen LogP contribution in [0.4, 0.5) is 4.39 Å². The normalized spacial score (nSPS) is 22.9. The lowest BCUT2D eigenvalue weighted by molar-refractivity contribution is -0.183. The Hall–Kier alpha value is -3.29. The van der Waals surface area contributed by atoms with Gasteiger partial charge in [0.25, 0.3) is 0 Å². The Bertz CT molecular complexity index is 1100. The molecule has 1 aromatic carbocycles. The van der Waals surface area contributed by atoms with Crippen molar-refractivity contribution in [2.45, 2.75) is 51.5 Å². The third-order valence-electron chi connectivity index (χ3n) is 6.54. The molecule has 0 N–H and O–H groups in total. The van der Waals surface area contributed by atoms with Crippen LogP contribution in [-0.2, 0) is 16.1 Å². The molecule has 1 aliphatic heterocycles. The fourth-order valence-electron chi connectivity index (χ4n) is 4.79. The first-order valence-corrected chi connectivity index (χ1v) is 11.0. The van der Waals surface area contributed by atoms with Gasteiger partial charge in [-0.25, -0.2) is 9.45 Å². The average molecular weight is 432 g/mol. The van der Waals surface area contributed by atoms with Crippen molar-refractivity contribution in [2.24, 2.45) is 11.8 Å². The fraction of sp³-hybridized carbons (Fsp3) is 0.440. The van der Waals surface area contributed by atoms with Gasteiger partial charge in [-0.2, -0.15) is 10.5 Å². The summed E-state index contributed by atoms with van der Waals surface area (Å²) < 4.78 is 13.9. The van der Waals surface area contributed by atoms with Crippen molar-refractivity contribution < 1.29 is 14.0 Å². The Kier molecular flexibility index (Phi) is 6.48. The van der Waals surface area contributed by atoms with E-state index in [0.29, 0.717) is 30.1 Å². The summed E-state index contributed by atoms with van der Waals surface area (Å²) in [7, 11) is 0. The maximum Gasteiger partial charge on any atom is 0.249 e.